The Labute approximate surface area is 360 Å². The summed E-state index contributed by atoms with van der Waals surface area (Å²) < 4.78 is 0. The van der Waals surface area contributed by atoms with Gasteiger partial charge in [0.25, 0.3) is 0 Å². The van der Waals surface area contributed by atoms with Gasteiger partial charge < -0.3 is 9.97 Å². The maximum atomic E-state index is 7.19. The normalized spacial score (nSPS) is 12.3. The SMILES string of the molecule is Clc1cccc(Cl)c1C1=Cc2cc3ccc(cc4nc(cc5[nH]c(c(-c6c(Cl)cccc6Cl)c1n2)c(-c1c(Cl)cccc1Cl)c5-c1c(Cl)cccc1Cl)C=C4)[nH]3. The number of hydrogen-bond donors (Lipinski definition) is 2. The van der Waals surface area contributed by atoms with Gasteiger partial charge in [-0.2, -0.15) is 0 Å². The molecule has 0 amide bonds. The third-order valence-corrected chi connectivity index (χ3v) is 12.0. The Hall–Kier alpha value is -4.20. The highest BCUT2D eigenvalue weighted by Gasteiger charge is 2.30. The highest BCUT2D eigenvalue weighted by molar-refractivity contribution is 6.44. The maximum Gasteiger partial charge on any atom is 0.0817 e. The zero-order valence-electron chi connectivity index (χ0n) is 28.5. The Balaban J connectivity index is 1.63. The number of aromatic nitrogens is 4. The van der Waals surface area contributed by atoms with Gasteiger partial charge in [0.2, 0.25) is 0 Å². The van der Waals surface area contributed by atoms with E-state index >= 15 is 0 Å². The minimum atomic E-state index is 0.354. The molecule has 8 bridgehead atoms. The van der Waals surface area contributed by atoms with Gasteiger partial charge in [-0.15, -0.1) is 0 Å². The van der Waals surface area contributed by atoms with E-state index in [0.29, 0.717) is 113 Å². The molecule has 12 heteroatoms. The molecule has 274 valence electrons. The van der Waals surface area contributed by atoms with E-state index in [4.69, 9.17) is 103 Å². The number of aromatic amines is 2. The first-order valence-corrected chi connectivity index (χ1v) is 20.0. The quantitative estimate of drug-likeness (QED) is 0.185. The lowest BCUT2D eigenvalue weighted by molar-refractivity contribution is 1.30. The Bertz CT molecular complexity index is 2950. The van der Waals surface area contributed by atoms with Crippen LogP contribution < -0.4 is 0 Å². The van der Waals surface area contributed by atoms with E-state index in [1.54, 1.807) is 72.8 Å². The number of rotatable bonds is 4. The lowest BCUT2D eigenvalue weighted by Gasteiger charge is -2.17. The molecule has 0 saturated carbocycles. The lowest BCUT2D eigenvalue weighted by atomic mass is 9.90. The highest BCUT2D eigenvalue weighted by Crippen LogP contribution is 2.53. The first-order valence-electron chi connectivity index (χ1n) is 17.0. The molecular formula is C44H22Cl8N4. The third-order valence-electron chi connectivity index (χ3n) is 9.49. The molecule has 2 N–H and O–H groups in total. The predicted octanol–water partition coefficient (Wildman–Crippen LogP) is 16.3. The predicted molar refractivity (Wildman–Crippen MR) is 240 cm³/mol. The van der Waals surface area contributed by atoms with Crippen molar-refractivity contribution < 1.29 is 0 Å². The van der Waals surface area contributed by atoms with Crippen LogP contribution in [-0.2, 0) is 0 Å². The highest BCUT2D eigenvalue weighted by atomic mass is 35.5. The fourth-order valence-electron chi connectivity index (χ4n) is 7.16. The second-order valence-electron chi connectivity index (χ2n) is 13.0. The fourth-order valence-corrected chi connectivity index (χ4v) is 9.52. The van der Waals surface area contributed by atoms with Crippen molar-refractivity contribution in [2.24, 2.45) is 0 Å². The van der Waals surface area contributed by atoms with Gasteiger partial charge in [0.05, 0.1) is 38.3 Å². The van der Waals surface area contributed by atoms with Crippen LogP contribution in [0.25, 0.3) is 79.2 Å². The Morgan fingerprint density at radius 2 is 0.804 bits per heavy atom. The fraction of sp³-hybridized carbons (Fsp3) is 0. The summed E-state index contributed by atoms with van der Waals surface area (Å²) in [7, 11) is 0. The topological polar surface area (TPSA) is 57.4 Å². The van der Waals surface area contributed by atoms with Crippen LogP contribution in [0.5, 0.6) is 0 Å². The second kappa shape index (κ2) is 14.9. The van der Waals surface area contributed by atoms with Gasteiger partial charge >= 0.3 is 0 Å². The zero-order valence-corrected chi connectivity index (χ0v) is 34.5. The molecule has 3 aromatic heterocycles. The van der Waals surface area contributed by atoms with Gasteiger partial charge in [-0.1, -0.05) is 117 Å². The second-order valence-corrected chi connectivity index (χ2v) is 16.2. The maximum absolute atomic E-state index is 7.19. The van der Waals surface area contributed by atoms with Crippen molar-refractivity contribution in [3.8, 4) is 33.4 Å². The molecule has 2 aliphatic rings. The van der Waals surface area contributed by atoms with Crippen LogP contribution in [0.4, 0.5) is 0 Å². The van der Waals surface area contributed by atoms with Crippen LogP contribution in [0.2, 0.25) is 40.2 Å². The van der Waals surface area contributed by atoms with Crippen molar-refractivity contribution in [3.63, 3.8) is 0 Å². The van der Waals surface area contributed by atoms with Crippen molar-refractivity contribution >= 4 is 139 Å². The van der Waals surface area contributed by atoms with E-state index in [-0.39, 0.29) is 0 Å². The van der Waals surface area contributed by atoms with E-state index in [1.807, 2.05) is 48.6 Å². The van der Waals surface area contributed by atoms with Crippen LogP contribution in [0.1, 0.15) is 28.3 Å². The van der Waals surface area contributed by atoms with E-state index in [9.17, 15) is 0 Å². The van der Waals surface area contributed by atoms with Gasteiger partial charge in [-0.25, -0.2) is 9.97 Å². The number of nitrogens with one attached hydrogen (secondary N) is 2. The van der Waals surface area contributed by atoms with E-state index in [0.717, 1.165) is 16.7 Å². The molecule has 0 spiro atoms. The van der Waals surface area contributed by atoms with Gasteiger partial charge in [0.1, 0.15) is 0 Å². The van der Waals surface area contributed by atoms with Crippen molar-refractivity contribution in [1.82, 2.24) is 19.9 Å². The van der Waals surface area contributed by atoms with Gasteiger partial charge in [0.15, 0.2) is 0 Å². The number of benzene rings is 4. The molecule has 4 aromatic carbocycles. The summed E-state index contributed by atoms with van der Waals surface area (Å²) in [6, 6.07) is 31.1. The first-order chi connectivity index (χ1) is 27.0. The van der Waals surface area contributed by atoms with Crippen LogP contribution >= 0.6 is 92.8 Å². The number of fused-ring (bicyclic) bond motifs is 8. The van der Waals surface area contributed by atoms with E-state index < -0.39 is 0 Å². The summed E-state index contributed by atoms with van der Waals surface area (Å²) in [6.07, 6.45) is 5.81. The van der Waals surface area contributed by atoms with Gasteiger partial charge in [-0.3, -0.25) is 0 Å². The van der Waals surface area contributed by atoms with E-state index in [2.05, 4.69) is 9.97 Å². The van der Waals surface area contributed by atoms with Crippen molar-refractivity contribution in [2.75, 3.05) is 0 Å². The largest absolute Gasteiger partial charge is 0.355 e. The average Bonchev–Trinajstić information content (AvgIpc) is 3.95. The first kappa shape index (κ1) is 37.4. The Kier molecular flexibility index (Phi) is 9.98. The minimum Gasteiger partial charge on any atom is -0.355 e. The molecule has 0 aliphatic carbocycles. The third kappa shape index (κ3) is 6.62. The molecule has 0 fully saturated rings. The van der Waals surface area contributed by atoms with Crippen LogP contribution in [-0.4, -0.2) is 19.9 Å². The number of nitrogens with zero attached hydrogens (tertiary/aromatic N) is 2. The molecule has 0 atom stereocenters. The summed E-state index contributed by atoms with van der Waals surface area (Å²) >= 11 is 56.9. The monoisotopic (exact) mass is 886 g/mol. The van der Waals surface area contributed by atoms with Gasteiger partial charge in [-0.05, 0) is 97.1 Å². The summed E-state index contributed by atoms with van der Waals surface area (Å²) in [5, 5.41) is 3.07. The molecule has 0 radical (unpaired) electrons. The number of H-pyrrole nitrogens is 2. The Morgan fingerprint density at radius 1 is 0.375 bits per heavy atom. The van der Waals surface area contributed by atoms with Crippen molar-refractivity contribution in [1.29, 1.82) is 0 Å². The summed E-state index contributed by atoms with van der Waals surface area (Å²) in [6.45, 7) is 0. The van der Waals surface area contributed by atoms with Gasteiger partial charge in [0, 0.05) is 91.2 Å². The zero-order chi connectivity index (χ0) is 38.8. The number of hydrogen-bond acceptors (Lipinski definition) is 2. The van der Waals surface area contributed by atoms with Crippen LogP contribution in [0.15, 0.2) is 103 Å². The van der Waals surface area contributed by atoms with Crippen LogP contribution in [0, 0.1) is 0 Å². The molecule has 4 nitrogen and oxygen atoms in total. The molecule has 7 aromatic rings. The number of halogens is 8. The standard InChI is InChI=1S/C44H22Cl8N4/c45-27-5-1-6-28(46)36(27)26-19-25-18-23-14-13-21(53-23)17-22-15-16-24(54-22)20-35-40(37-29(47)7-2-8-30(37)48)41(38-31(49)9-3-10-32(38)50)44(56-35)42(43(26)55-25)39-33(51)11-4-12-34(39)52/h1-20,53,56H. The molecule has 56 heavy (non-hydrogen) atoms. The smallest absolute Gasteiger partial charge is 0.0817 e. The summed E-state index contributed by atoms with van der Waals surface area (Å²) in [5.41, 5.74) is 9.61. The molecule has 2 aliphatic heterocycles. The summed E-state index contributed by atoms with van der Waals surface area (Å²) in [4.78, 5) is 17.4. The molecule has 0 unspecified atom stereocenters. The van der Waals surface area contributed by atoms with Crippen LogP contribution in [0.3, 0.4) is 0 Å². The molecular weight excluding hydrogens is 868 g/mol. The minimum absolute atomic E-state index is 0.354. The molecule has 9 rings (SSSR count). The average molecular weight is 890 g/mol. The van der Waals surface area contributed by atoms with E-state index in [1.165, 1.54) is 0 Å². The lowest BCUT2D eigenvalue weighted by Crippen LogP contribution is -1.96. The van der Waals surface area contributed by atoms with Crippen molar-refractivity contribution in [2.45, 2.75) is 0 Å². The Morgan fingerprint density at radius 3 is 1.32 bits per heavy atom. The molecule has 5 heterocycles. The summed E-state index contributed by atoms with van der Waals surface area (Å²) in [5.74, 6) is 0. The molecule has 0 saturated heterocycles. The van der Waals surface area contributed by atoms with Crippen molar-refractivity contribution in [3.05, 3.63) is 172 Å².